The lowest BCUT2D eigenvalue weighted by atomic mass is 10.0. The van der Waals surface area contributed by atoms with Gasteiger partial charge in [-0.05, 0) is 70.6 Å². The van der Waals surface area contributed by atoms with E-state index in [4.69, 9.17) is 14.2 Å². The van der Waals surface area contributed by atoms with Gasteiger partial charge in [0.2, 0.25) is 0 Å². The van der Waals surface area contributed by atoms with Crippen LogP contribution < -0.4 is 0 Å². The minimum atomic E-state index is -0.769. The molecule has 1 unspecified atom stereocenters. The topological polar surface area (TPSA) is 78.9 Å². The van der Waals surface area contributed by atoms with Crippen molar-refractivity contribution in [3.8, 4) is 0 Å². The number of allylic oxidation sites excluding steroid dienone is 4. The predicted molar refractivity (Wildman–Crippen MR) is 363 cm³/mol. The molecule has 0 aromatic rings. The number of esters is 3. The Morgan fingerprint density at radius 3 is 0.602 bits per heavy atom. The van der Waals surface area contributed by atoms with Crippen molar-refractivity contribution >= 4 is 17.9 Å². The van der Waals surface area contributed by atoms with Crippen LogP contribution in [0.4, 0.5) is 0 Å². The first kappa shape index (κ1) is 80.9. The van der Waals surface area contributed by atoms with Crippen molar-refractivity contribution in [2.45, 2.75) is 438 Å². The molecule has 6 heteroatoms. The summed E-state index contributed by atoms with van der Waals surface area (Å²) in [7, 11) is 0. The Kier molecular flexibility index (Phi) is 70.5. The molecule has 6 nitrogen and oxygen atoms in total. The molecule has 490 valence electrons. The molecule has 0 N–H and O–H groups in total. The van der Waals surface area contributed by atoms with Crippen LogP contribution in [0.2, 0.25) is 0 Å². The highest BCUT2D eigenvalue weighted by Crippen LogP contribution is 2.19. The zero-order valence-corrected chi connectivity index (χ0v) is 56.5. The Balaban J connectivity index is 4.17. The van der Waals surface area contributed by atoms with Crippen molar-refractivity contribution in [1.29, 1.82) is 0 Å². The van der Waals surface area contributed by atoms with Crippen molar-refractivity contribution in [1.82, 2.24) is 0 Å². The second kappa shape index (κ2) is 72.4. The van der Waals surface area contributed by atoms with Crippen molar-refractivity contribution < 1.29 is 28.6 Å². The van der Waals surface area contributed by atoms with Crippen molar-refractivity contribution in [3.63, 3.8) is 0 Å². The fraction of sp³-hybridized carbons (Fsp3) is 0.909. The van der Waals surface area contributed by atoms with Crippen LogP contribution in [0.5, 0.6) is 0 Å². The van der Waals surface area contributed by atoms with E-state index in [1.807, 2.05) is 0 Å². The first-order chi connectivity index (χ1) is 41.0. The SMILES string of the molecule is CCCCCCCC/C=C\CCCCCCCCCCCC(=O)OC(COC(=O)CCCCCCCCCCCCCCCCC)COC(=O)CCCCCCCCCCCCCCCCCCCCC/C=C\CCCCCCCCCC. The Labute approximate surface area is 519 Å². The standard InChI is InChI=1S/C77H146O6/c1-4-7-10-13-16-19-22-25-28-30-32-33-34-35-36-37-38-39-40-41-42-43-45-46-49-52-55-58-61-64-67-70-76(79)82-73-74(72-81-75(78)69-66-63-60-57-54-51-48-27-24-21-18-15-12-9-6-3)83-77(80)71-68-65-62-59-56-53-50-47-44-31-29-26-23-20-17-14-11-8-5-2/h26,29-30,32,74H,4-25,27-28,31,33-73H2,1-3H3/b29-26-,32-30-. The molecule has 0 aliphatic carbocycles. The maximum absolute atomic E-state index is 13.0. The molecule has 0 saturated heterocycles. The van der Waals surface area contributed by atoms with Crippen LogP contribution in [-0.4, -0.2) is 37.2 Å². The molecule has 0 fully saturated rings. The van der Waals surface area contributed by atoms with Gasteiger partial charge in [0.05, 0.1) is 0 Å². The van der Waals surface area contributed by atoms with Gasteiger partial charge in [0, 0.05) is 19.3 Å². The number of carbonyl (C=O) groups is 3. The summed E-state index contributed by atoms with van der Waals surface area (Å²) in [4.78, 5) is 38.5. The van der Waals surface area contributed by atoms with Gasteiger partial charge in [0.25, 0.3) is 0 Å². The molecule has 0 aromatic carbocycles. The Hall–Kier alpha value is -2.11. The van der Waals surface area contributed by atoms with Crippen LogP contribution in [0.25, 0.3) is 0 Å². The molecular weight excluding hydrogens is 1020 g/mol. The van der Waals surface area contributed by atoms with Gasteiger partial charge in [-0.2, -0.15) is 0 Å². The maximum Gasteiger partial charge on any atom is 0.306 e. The number of unbranched alkanes of at least 4 members (excludes halogenated alkanes) is 56. The summed E-state index contributed by atoms with van der Waals surface area (Å²) in [6, 6.07) is 0. The van der Waals surface area contributed by atoms with E-state index in [2.05, 4.69) is 45.1 Å². The van der Waals surface area contributed by atoms with Crippen LogP contribution in [0.15, 0.2) is 24.3 Å². The molecule has 1 atom stereocenters. The first-order valence-corrected chi connectivity index (χ1v) is 37.8. The Morgan fingerprint density at radius 2 is 0.398 bits per heavy atom. The molecule has 0 spiro atoms. The van der Waals surface area contributed by atoms with E-state index < -0.39 is 6.10 Å². The van der Waals surface area contributed by atoms with Crippen LogP contribution in [0.1, 0.15) is 432 Å². The van der Waals surface area contributed by atoms with Crippen molar-refractivity contribution in [3.05, 3.63) is 24.3 Å². The van der Waals surface area contributed by atoms with Gasteiger partial charge in [0.1, 0.15) is 13.2 Å². The quantitative estimate of drug-likeness (QED) is 0.0261. The van der Waals surface area contributed by atoms with Gasteiger partial charge in [-0.3, -0.25) is 14.4 Å². The van der Waals surface area contributed by atoms with Gasteiger partial charge in [-0.1, -0.05) is 366 Å². The average Bonchev–Trinajstić information content (AvgIpc) is 3.49. The summed E-state index contributed by atoms with van der Waals surface area (Å²) in [5.41, 5.74) is 0. The molecule has 0 bridgehead atoms. The van der Waals surface area contributed by atoms with E-state index >= 15 is 0 Å². The molecule has 0 heterocycles. The van der Waals surface area contributed by atoms with Gasteiger partial charge >= 0.3 is 17.9 Å². The van der Waals surface area contributed by atoms with E-state index in [0.717, 1.165) is 57.8 Å². The fourth-order valence-corrected chi connectivity index (χ4v) is 11.7. The summed E-state index contributed by atoms with van der Waals surface area (Å²) in [6.07, 6.45) is 89.4. The minimum absolute atomic E-state index is 0.0651. The Morgan fingerprint density at radius 1 is 0.229 bits per heavy atom. The zero-order valence-electron chi connectivity index (χ0n) is 56.5. The van der Waals surface area contributed by atoms with E-state index in [1.54, 1.807) is 0 Å². The molecule has 0 aliphatic rings. The van der Waals surface area contributed by atoms with Crippen molar-refractivity contribution in [2.24, 2.45) is 0 Å². The van der Waals surface area contributed by atoms with Gasteiger partial charge in [-0.25, -0.2) is 0 Å². The molecule has 0 radical (unpaired) electrons. The van der Waals surface area contributed by atoms with Crippen LogP contribution >= 0.6 is 0 Å². The second-order valence-corrected chi connectivity index (χ2v) is 25.9. The molecule has 0 rings (SSSR count). The van der Waals surface area contributed by atoms with Gasteiger partial charge < -0.3 is 14.2 Å². The third-order valence-electron chi connectivity index (χ3n) is 17.4. The smallest absolute Gasteiger partial charge is 0.306 e. The number of hydrogen-bond donors (Lipinski definition) is 0. The number of carbonyl (C=O) groups excluding carboxylic acids is 3. The van der Waals surface area contributed by atoms with E-state index in [0.29, 0.717) is 19.3 Å². The third kappa shape index (κ3) is 70.5. The van der Waals surface area contributed by atoms with Crippen molar-refractivity contribution in [2.75, 3.05) is 13.2 Å². The third-order valence-corrected chi connectivity index (χ3v) is 17.4. The summed E-state index contributed by atoms with van der Waals surface area (Å²) >= 11 is 0. The lowest BCUT2D eigenvalue weighted by Gasteiger charge is -2.18. The highest BCUT2D eigenvalue weighted by atomic mass is 16.6. The Bertz CT molecular complexity index is 1340. The summed E-state index contributed by atoms with van der Waals surface area (Å²) in [5.74, 6) is -0.831. The van der Waals surface area contributed by atoms with E-state index in [-0.39, 0.29) is 31.1 Å². The summed E-state index contributed by atoms with van der Waals surface area (Å²) in [6.45, 7) is 6.72. The molecule has 83 heavy (non-hydrogen) atoms. The largest absolute Gasteiger partial charge is 0.462 e. The summed E-state index contributed by atoms with van der Waals surface area (Å²) < 4.78 is 17.0. The number of rotatable bonds is 71. The number of ether oxygens (including phenoxy) is 3. The van der Waals surface area contributed by atoms with E-state index in [1.165, 1.54) is 334 Å². The first-order valence-electron chi connectivity index (χ1n) is 37.8. The second-order valence-electron chi connectivity index (χ2n) is 25.9. The van der Waals surface area contributed by atoms with Crippen LogP contribution in [0, 0.1) is 0 Å². The minimum Gasteiger partial charge on any atom is -0.462 e. The molecule has 0 amide bonds. The zero-order chi connectivity index (χ0) is 59.9. The molecule has 0 aromatic heterocycles. The monoisotopic (exact) mass is 1170 g/mol. The van der Waals surface area contributed by atoms with E-state index in [9.17, 15) is 14.4 Å². The maximum atomic E-state index is 13.0. The average molecular weight is 1170 g/mol. The lowest BCUT2D eigenvalue weighted by Crippen LogP contribution is -2.30. The molecule has 0 saturated carbocycles. The summed E-state index contributed by atoms with van der Waals surface area (Å²) in [5, 5.41) is 0. The highest BCUT2D eigenvalue weighted by Gasteiger charge is 2.20. The predicted octanol–water partition coefficient (Wildman–Crippen LogP) is 26.1. The number of hydrogen-bond acceptors (Lipinski definition) is 6. The molecular formula is C77H146O6. The van der Waals surface area contributed by atoms with Crippen LogP contribution in [0.3, 0.4) is 0 Å². The molecule has 0 aliphatic heterocycles. The fourth-order valence-electron chi connectivity index (χ4n) is 11.7. The normalized spacial score (nSPS) is 12.1. The lowest BCUT2D eigenvalue weighted by molar-refractivity contribution is -0.167. The van der Waals surface area contributed by atoms with Gasteiger partial charge in [0.15, 0.2) is 6.10 Å². The highest BCUT2D eigenvalue weighted by molar-refractivity contribution is 5.71. The van der Waals surface area contributed by atoms with Gasteiger partial charge in [-0.15, -0.1) is 0 Å². The van der Waals surface area contributed by atoms with Crippen LogP contribution in [-0.2, 0) is 28.6 Å².